The third kappa shape index (κ3) is 4.67. The van der Waals surface area contributed by atoms with E-state index in [1.54, 1.807) is 6.20 Å². The Morgan fingerprint density at radius 1 is 1.22 bits per heavy atom. The fourth-order valence-electron chi connectivity index (χ4n) is 2.51. The average molecular weight is 359 g/mol. The zero-order chi connectivity index (χ0) is 17.3. The number of unbranched alkanes of at least 4 members (excludes halogenated alkanes) is 2. The number of aryl methyl sites for hydroxylation is 1. The number of fused-ring (bicyclic) bond motifs is 1. The second kappa shape index (κ2) is 6.68. The zero-order valence-corrected chi connectivity index (χ0v) is 16.9. The highest BCUT2D eigenvalue weighted by atomic mass is 32.2. The lowest BCUT2D eigenvalue weighted by Crippen LogP contribution is -2.40. The first-order valence-corrected chi connectivity index (χ1v) is 13.1. The van der Waals surface area contributed by atoms with Crippen LogP contribution >= 0.6 is 0 Å². The molecule has 1 aliphatic heterocycles. The molecule has 2 rings (SSSR count). The third-order valence-electron chi connectivity index (χ3n) is 5.05. The van der Waals surface area contributed by atoms with E-state index >= 15 is 0 Å². The van der Waals surface area contributed by atoms with Crippen LogP contribution in [0.1, 0.15) is 51.3 Å². The molecule has 0 aromatic carbocycles. The summed E-state index contributed by atoms with van der Waals surface area (Å²) < 4.78 is 31.3. The van der Waals surface area contributed by atoms with E-state index in [-0.39, 0.29) is 16.5 Å². The largest absolute Gasteiger partial charge is 0.417 e. The molecule has 5 nitrogen and oxygen atoms in total. The Labute approximate surface area is 141 Å². The molecule has 0 atom stereocenters. The van der Waals surface area contributed by atoms with Crippen LogP contribution in [0.2, 0.25) is 18.1 Å². The van der Waals surface area contributed by atoms with Gasteiger partial charge in [-0.25, -0.2) is 8.42 Å². The van der Waals surface area contributed by atoms with Gasteiger partial charge in [0.15, 0.2) is 18.2 Å². The van der Waals surface area contributed by atoms with Gasteiger partial charge in [-0.15, -0.1) is 0 Å². The maximum Gasteiger partial charge on any atom is 0.191 e. The molecular weight excluding hydrogens is 328 g/mol. The summed E-state index contributed by atoms with van der Waals surface area (Å²) in [6, 6.07) is 0. The van der Waals surface area contributed by atoms with Crippen molar-refractivity contribution in [2.75, 3.05) is 6.61 Å². The van der Waals surface area contributed by atoms with E-state index in [2.05, 4.69) is 39.0 Å². The van der Waals surface area contributed by atoms with Crippen molar-refractivity contribution < 1.29 is 12.8 Å². The van der Waals surface area contributed by atoms with Crippen LogP contribution in [0.15, 0.2) is 6.20 Å². The number of nitrogens with zero attached hydrogens (tertiary/aromatic N) is 2. The molecule has 0 bridgehead atoms. The zero-order valence-electron chi connectivity index (χ0n) is 15.1. The van der Waals surface area contributed by atoms with Crippen LogP contribution in [0.4, 0.5) is 0 Å². The highest BCUT2D eigenvalue weighted by Gasteiger charge is 2.36. The molecule has 0 N–H and O–H groups in total. The third-order valence-corrected chi connectivity index (χ3v) is 11.1. The van der Waals surface area contributed by atoms with Crippen molar-refractivity contribution in [2.24, 2.45) is 0 Å². The van der Waals surface area contributed by atoms with Crippen molar-refractivity contribution in [2.45, 2.75) is 76.2 Å². The van der Waals surface area contributed by atoms with Crippen LogP contribution in [0.3, 0.4) is 0 Å². The molecular formula is C16H30N2O3SSi. The lowest BCUT2D eigenvalue weighted by Gasteiger charge is -2.36. The molecule has 0 saturated carbocycles. The maximum atomic E-state index is 11.6. The van der Waals surface area contributed by atoms with Crippen LogP contribution in [-0.2, 0) is 32.3 Å². The molecule has 7 heteroatoms. The van der Waals surface area contributed by atoms with E-state index in [0.717, 1.165) is 43.7 Å². The Hall–Kier alpha value is -0.663. The van der Waals surface area contributed by atoms with Crippen molar-refractivity contribution in [3.63, 3.8) is 0 Å². The van der Waals surface area contributed by atoms with E-state index in [4.69, 9.17) is 4.43 Å². The van der Waals surface area contributed by atoms with Crippen molar-refractivity contribution in [3.8, 4) is 0 Å². The highest BCUT2D eigenvalue weighted by molar-refractivity contribution is 7.90. The molecule has 1 aliphatic rings. The van der Waals surface area contributed by atoms with Gasteiger partial charge in [-0.1, -0.05) is 20.8 Å². The van der Waals surface area contributed by atoms with Gasteiger partial charge < -0.3 is 4.43 Å². The standard InChI is InChI=1S/C16H30N2O3SSi/c1-16(2,3)23(4,5)21-10-8-6-7-9-18-15-13-22(19,20)12-14(15)11-17-18/h11H,6-10,12-13H2,1-5H3. The molecule has 2 heterocycles. The summed E-state index contributed by atoms with van der Waals surface area (Å²) in [7, 11) is -4.56. The van der Waals surface area contributed by atoms with Crippen molar-refractivity contribution >= 4 is 18.2 Å². The van der Waals surface area contributed by atoms with Gasteiger partial charge >= 0.3 is 0 Å². The monoisotopic (exact) mass is 358 g/mol. The van der Waals surface area contributed by atoms with E-state index in [1.165, 1.54) is 0 Å². The smallest absolute Gasteiger partial charge is 0.191 e. The number of hydrogen-bond donors (Lipinski definition) is 0. The normalized spacial score (nSPS) is 17.4. The molecule has 0 amide bonds. The minimum atomic E-state index is -2.93. The van der Waals surface area contributed by atoms with E-state index in [1.807, 2.05) is 4.68 Å². The lowest BCUT2D eigenvalue weighted by atomic mass is 10.2. The predicted octanol–water partition coefficient (Wildman–Crippen LogP) is 3.50. The number of sulfone groups is 1. The Balaban J connectivity index is 1.70. The second-order valence-corrected chi connectivity index (χ2v) is 14.9. The summed E-state index contributed by atoms with van der Waals surface area (Å²) in [6.07, 6.45) is 4.85. The van der Waals surface area contributed by atoms with Gasteiger partial charge in [0.05, 0.1) is 23.4 Å². The predicted molar refractivity (Wildman–Crippen MR) is 95.6 cm³/mol. The molecule has 0 unspecified atom stereocenters. The average Bonchev–Trinajstić information content (AvgIpc) is 2.88. The van der Waals surface area contributed by atoms with Crippen molar-refractivity contribution in [1.29, 1.82) is 0 Å². The van der Waals surface area contributed by atoms with Gasteiger partial charge in [-0.3, -0.25) is 4.68 Å². The molecule has 1 aromatic heterocycles. The van der Waals surface area contributed by atoms with Crippen LogP contribution in [0.5, 0.6) is 0 Å². The van der Waals surface area contributed by atoms with E-state index < -0.39 is 18.2 Å². The molecule has 0 spiro atoms. The molecule has 23 heavy (non-hydrogen) atoms. The minimum absolute atomic E-state index is 0.150. The molecule has 0 fully saturated rings. The van der Waals surface area contributed by atoms with Crippen molar-refractivity contribution in [1.82, 2.24) is 9.78 Å². The Morgan fingerprint density at radius 2 is 1.91 bits per heavy atom. The first-order chi connectivity index (χ1) is 10.5. The fourth-order valence-corrected chi connectivity index (χ4v) is 5.17. The Kier molecular flexibility index (Phi) is 5.43. The molecule has 132 valence electrons. The Bertz CT molecular complexity index is 645. The molecule has 1 aromatic rings. The maximum absolute atomic E-state index is 11.6. The van der Waals surface area contributed by atoms with Gasteiger partial charge in [0, 0.05) is 18.7 Å². The second-order valence-electron chi connectivity index (χ2n) is 8.04. The summed E-state index contributed by atoms with van der Waals surface area (Å²) in [6.45, 7) is 12.9. The summed E-state index contributed by atoms with van der Waals surface area (Å²) in [4.78, 5) is 0. The van der Waals surface area contributed by atoms with E-state index in [9.17, 15) is 8.42 Å². The topological polar surface area (TPSA) is 61.2 Å². The lowest BCUT2D eigenvalue weighted by molar-refractivity contribution is 0.276. The van der Waals surface area contributed by atoms with Gasteiger partial charge in [0.25, 0.3) is 0 Å². The van der Waals surface area contributed by atoms with Gasteiger partial charge in [-0.05, 0) is 37.4 Å². The Morgan fingerprint density at radius 3 is 2.57 bits per heavy atom. The summed E-state index contributed by atoms with van der Waals surface area (Å²) in [5, 5.41) is 4.58. The summed E-state index contributed by atoms with van der Waals surface area (Å²) in [5.41, 5.74) is 1.77. The van der Waals surface area contributed by atoms with Crippen molar-refractivity contribution in [3.05, 3.63) is 17.5 Å². The van der Waals surface area contributed by atoms with Gasteiger partial charge in [0.2, 0.25) is 0 Å². The van der Waals surface area contributed by atoms with Gasteiger partial charge in [-0.2, -0.15) is 5.10 Å². The summed E-state index contributed by atoms with van der Waals surface area (Å²) >= 11 is 0. The number of aromatic nitrogens is 2. The highest BCUT2D eigenvalue weighted by Crippen LogP contribution is 2.36. The molecule has 0 radical (unpaired) electrons. The van der Waals surface area contributed by atoms with Crippen LogP contribution in [0, 0.1) is 0 Å². The van der Waals surface area contributed by atoms with Crippen LogP contribution < -0.4 is 0 Å². The minimum Gasteiger partial charge on any atom is -0.417 e. The SMILES string of the molecule is CC(C)(C)[Si](C)(C)OCCCCCn1ncc2c1CS(=O)(=O)C2. The summed E-state index contributed by atoms with van der Waals surface area (Å²) in [5.74, 6) is 0.305. The molecule has 0 aliphatic carbocycles. The molecule has 0 saturated heterocycles. The number of hydrogen-bond acceptors (Lipinski definition) is 4. The quantitative estimate of drug-likeness (QED) is 0.553. The van der Waals surface area contributed by atoms with Crippen LogP contribution in [-0.4, -0.2) is 33.1 Å². The first kappa shape index (κ1) is 18.7. The van der Waals surface area contributed by atoms with E-state index in [0.29, 0.717) is 0 Å². The first-order valence-electron chi connectivity index (χ1n) is 8.40. The van der Waals surface area contributed by atoms with Crippen LogP contribution in [0.25, 0.3) is 0 Å². The fraction of sp³-hybridized carbons (Fsp3) is 0.812. The van der Waals surface area contributed by atoms with Gasteiger partial charge in [0.1, 0.15) is 0 Å². The number of rotatable bonds is 7.